The molecule has 0 spiro atoms. The minimum absolute atomic E-state index is 0.0548. The monoisotopic (exact) mass is 357 g/mol. The molecule has 1 aliphatic rings. The average molecular weight is 357 g/mol. The summed E-state index contributed by atoms with van der Waals surface area (Å²) in [5.74, 6) is 0.789. The number of rotatable bonds is 6. The molecule has 3 rings (SSSR count). The van der Waals surface area contributed by atoms with Crippen LogP contribution in [-0.2, 0) is 13.1 Å². The van der Waals surface area contributed by atoms with Crippen LogP contribution >= 0.6 is 0 Å². The molecule has 0 N–H and O–H groups in total. The van der Waals surface area contributed by atoms with Crippen LogP contribution in [0.25, 0.3) is 0 Å². The highest BCUT2D eigenvalue weighted by atomic mass is 16.5. The first kappa shape index (κ1) is 18.5. The van der Waals surface area contributed by atoms with E-state index in [0.717, 1.165) is 50.4 Å². The van der Waals surface area contributed by atoms with Crippen molar-refractivity contribution in [3.8, 4) is 6.01 Å². The summed E-state index contributed by atoms with van der Waals surface area (Å²) in [6.07, 6.45) is 5.58. The first-order chi connectivity index (χ1) is 12.5. The molecule has 0 radical (unpaired) electrons. The highest BCUT2D eigenvalue weighted by molar-refractivity contribution is 5.06. The number of aromatic nitrogens is 4. The second-order valence-electron chi connectivity index (χ2n) is 7.21. The van der Waals surface area contributed by atoms with Gasteiger partial charge >= 0.3 is 6.01 Å². The Morgan fingerprint density at radius 1 is 1.27 bits per heavy atom. The summed E-state index contributed by atoms with van der Waals surface area (Å²) in [7, 11) is 1.58. The lowest BCUT2D eigenvalue weighted by atomic mass is 9.96. The van der Waals surface area contributed by atoms with E-state index in [2.05, 4.69) is 33.7 Å². The fourth-order valence-corrected chi connectivity index (χ4v) is 3.29. The summed E-state index contributed by atoms with van der Waals surface area (Å²) in [6.45, 7) is 7.66. The van der Waals surface area contributed by atoms with Gasteiger partial charge in [-0.1, -0.05) is 13.8 Å². The smallest absolute Gasteiger partial charge is 0.316 e. The largest absolute Gasteiger partial charge is 0.467 e. The van der Waals surface area contributed by atoms with Gasteiger partial charge in [-0.25, -0.2) is 9.97 Å². The third kappa shape index (κ3) is 4.66. The lowest BCUT2D eigenvalue weighted by molar-refractivity contribution is 0.164. The first-order valence-electron chi connectivity index (χ1n) is 9.20. The Labute approximate surface area is 154 Å². The predicted octanol–water partition coefficient (Wildman–Crippen LogP) is 2.08. The highest BCUT2D eigenvalue weighted by Crippen LogP contribution is 2.20. The lowest BCUT2D eigenvalue weighted by Gasteiger charge is -2.31. The molecule has 0 unspecified atom stereocenters. The van der Waals surface area contributed by atoms with Crippen molar-refractivity contribution in [2.45, 2.75) is 45.7 Å². The molecule has 1 fully saturated rings. The molecule has 0 atom stereocenters. The number of nitrogens with zero attached hydrogens (tertiary/aromatic N) is 5. The van der Waals surface area contributed by atoms with Crippen LogP contribution in [0, 0.1) is 5.92 Å². The summed E-state index contributed by atoms with van der Waals surface area (Å²) in [4.78, 5) is 27.5. The van der Waals surface area contributed by atoms with Crippen molar-refractivity contribution >= 4 is 0 Å². The maximum Gasteiger partial charge on any atom is 0.316 e. The van der Waals surface area contributed by atoms with Gasteiger partial charge < -0.3 is 4.74 Å². The van der Waals surface area contributed by atoms with E-state index >= 15 is 0 Å². The minimum atomic E-state index is 0.0548. The van der Waals surface area contributed by atoms with Gasteiger partial charge in [-0.2, -0.15) is 4.98 Å². The fourth-order valence-electron chi connectivity index (χ4n) is 3.29. The molecule has 0 saturated carbocycles. The summed E-state index contributed by atoms with van der Waals surface area (Å²) in [5, 5.41) is 0. The van der Waals surface area contributed by atoms with Crippen molar-refractivity contribution in [1.82, 2.24) is 24.4 Å². The molecule has 0 aromatic carbocycles. The predicted molar refractivity (Wildman–Crippen MR) is 99.2 cm³/mol. The van der Waals surface area contributed by atoms with Crippen molar-refractivity contribution in [3.05, 3.63) is 46.4 Å². The summed E-state index contributed by atoms with van der Waals surface area (Å²) >= 11 is 0. The van der Waals surface area contributed by atoms with Gasteiger partial charge in [-0.05, 0) is 43.8 Å². The topological polar surface area (TPSA) is 73.1 Å². The van der Waals surface area contributed by atoms with E-state index in [1.54, 1.807) is 30.3 Å². The zero-order valence-electron chi connectivity index (χ0n) is 15.8. The SMILES string of the molecule is COc1nccc(CN2CCC(Cn3cnc(C(C)C)cc3=O)CC2)n1. The van der Waals surface area contributed by atoms with Gasteiger partial charge in [0.05, 0.1) is 24.8 Å². The second-order valence-corrected chi connectivity index (χ2v) is 7.21. The Bertz CT molecular complexity index is 781. The number of likely N-dealkylation sites (tertiary alicyclic amines) is 1. The molecule has 7 nitrogen and oxygen atoms in total. The van der Waals surface area contributed by atoms with Crippen LogP contribution in [0.5, 0.6) is 6.01 Å². The molecule has 140 valence electrons. The van der Waals surface area contributed by atoms with Gasteiger partial charge in [0.25, 0.3) is 5.56 Å². The zero-order chi connectivity index (χ0) is 18.5. The van der Waals surface area contributed by atoms with E-state index in [1.165, 1.54) is 0 Å². The Morgan fingerprint density at radius 2 is 2.04 bits per heavy atom. The second kappa shape index (κ2) is 8.40. The zero-order valence-corrected chi connectivity index (χ0v) is 15.8. The summed E-state index contributed by atoms with van der Waals surface area (Å²) in [5.41, 5.74) is 1.89. The average Bonchev–Trinajstić information content (AvgIpc) is 2.65. The fraction of sp³-hybridized carbons (Fsp3) is 0.579. The maximum absolute atomic E-state index is 12.3. The van der Waals surface area contributed by atoms with E-state index in [9.17, 15) is 4.79 Å². The molecule has 2 aromatic rings. The van der Waals surface area contributed by atoms with Crippen molar-refractivity contribution in [2.75, 3.05) is 20.2 Å². The van der Waals surface area contributed by atoms with E-state index < -0.39 is 0 Å². The van der Waals surface area contributed by atoms with Crippen molar-refractivity contribution in [1.29, 1.82) is 0 Å². The van der Waals surface area contributed by atoms with Crippen LogP contribution < -0.4 is 10.3 Å². The molecule has 1 saturated heterocycles. The molecule has 0 aliphatic carbocycles. The van der Waals surface area contributed by atoms with Crippen LogP contribution in [0.4, 0.5) is 0 Å². The van der Waals surface area contributed by atoms with Crippen LogP contribution in [0.2, 0.25) is 0 Å². The van der Waals surface area contributed by atoms with Crippen LogP contribution in [-0.4, -0.2) is 44.6 Å². The number of piperidine rings is 1. The quantitative estimate of drug-likeness (QED) is 0.788. The van der Waals surface area contributed by atoms with E-state index in [0.29, 0.717) is 11.9 Å². The maximum atomic E-state index is 12.3. The molecule has 7 heteroatoms. The molecule has 0 amide bonds. The van der Waals surface area contributed by atoms with Gasteiger partial charge in [0, 0.05) is 25.4 Å². The number of hydrogen-bond acceptors (Lipinski definition) is 6. The lowest BCUT2D eigenvalue weighted by Crippen LogP contribution is -2.36. The number of hydrogen-bond donors (Lipinski definition) is 0. The molecule has 1 aliphatic heterocycles. The molecule has 0 bridgehead atoms. The molecule has 2 aromatic heterocycles. The normalized spacial score (nSPS) is 16.2. The van der Waals surface area contributed by atoms with Crippen molar-refractivity contribution in [2.24, 2.45) is 5.92 Å². The molecular formula is C19H27N5O2. The Balaban J connectivity index is 1.53. The van der Waals surface area contributed by atoms with Gasteiger partial charge in [0.2, 0.25) is 0 Å². The van der Waals surface area contributed by atoms with E-state index in [-0.39, 0.29) is 11.5 Å². The van der Waals surface area contributed by atoms with Crippen LogP contribution in [0.1, 0.15) is 44.0 Å². The third-order valence-electron chi connectivity index (χ3n) is 4.91. The molecular weight excluding hydrogens is 330 g/mol. The number of ether oxygens (including phenoxy) is 1. The van der Waals surface area contributed by atoms with E-state index in [1.807, 2.05) is 6.07 Å². The minimum Gasteiger partial charge on any atom is -0.467 e. The third-order valence-corrected chi connectivity index (χ3v) is 4.91. The Morgan fingerprint density at radius 3 is 2.69 bits per heavy atom. The number of methoxy groups -OCH3 is 1. The molecule has 3 heterocycles. The van der Waals surface area contributed by atoms with Crippen molar-refractivity contribution < 1.29 is 4.74 Å². The standard InChI is InChI=1S/C19H27N5O2/c1-14(2)17-10-18(25)24(13-21-17)11-15-5-8-23(9-6-15)12-16-4-7-20-19(22-16)26-3/h4,7,10,13-15H,5-6,8-9,11-12H2,1-3H3. The van der Waals surface area contributed by atoms with Crippen molar-refractivity contribution in [3.63, 3.8) is 0 Å². The highest BCUT2D eigenvalue weighted by Gasteiger charge is 2.20. The Hall–Kier alpha value is -2.28. The van der Waals surface area contributed by atoms with Gasteiger partial charge in [-0.15, -0.1) is 0 Å². The summed E-state index contributed by atoms with van der Waals surface area (Å²) in [6, 6.07) is 4.01. The summed E-state index contributed by atoms with van der Waals surface area (Å²) < 4.78 is 6.83. The van der Waals surface area contributed by atoms with Gasteiger partial charge in [0.1, 0.15) is 0 Å². The van der Waals surface area contributed by atoms with Gasteiger partial charge in [0.15, 0.2) is 0 Å². The molecule has 26 heavy (non-hydrogen) atoms. The van der Waals surface area contributed by atoms with Gasteiger partial charge in [-0.3, -0.25) is 14.3 Å². The first-order valence-corrected chi connectivity index (χ1v) is 9.20. The van der Waals surface area contributed by atoms with E-state index in [4.69, 9.17) is 4.74 Å². The van der Waals surface area contributed by atoms with Crippen LogP contribution in [0.3, 0.4) is 0 Å². The van der Waals surface area contributed by atoms with Crippen LogP contribution in [0.15, 0.2) is 29.5 Å². The Kier molecular flexibility index (Phi) is 5.98.